The third kappa shape index (κ3) is 3.30. The number of benzene rings is 1. The third-order valence-corrected chi connectivity index (χ3v) is 5.48. The second kappa shape index (κ2) is 7.18. The molecule has 1 N–H and O–H groups in total. The Balaban J connectivity index is 1.56. The second-order valence-corrected chi connectivity index (χ2v) is 7.56. The fraction of sp³-hybridized carbons (Fsp3) is 0.450. The molecule has 1 aromatic carbocycles. The van der Waals surface area contributed by atoms with E-state index in [0.29, 0.717) is 18.0 Å². The van der Waals surface area contributed by atoms with Gasteiger partial charge in [-0.3, -0.25) is 9.59 Å². The van der Waals surface area contributed by atoms with Crippen LogP contribution in [0.4, 0.5) is 0 Å². The summed E-state index contributed by atoms with van der Waals surface area (Å²) in [5.74, 6) is 0.447. The molecule has 2 atom stereocenters. The Bertz CT molecular complexity index is 1070. The van der Waals surface area contributed by atoms with Crippen LogP contribution < -0.4 is 5.56 Å². The lowest BCUT2D eigenvalue weighted by atomic mass is 9.98. The van der Waals surface area contributed by atoms with Crippen molar-refractivity contribution in [3.8, 4) is 0 Å². The number of hydrogen-bond donors (Lipinski definition) is 1. The molecule has 1 aliphatic heterocycles. The van der Waals surface area contributed by atoms with Crippen molar-refractivity contribution < 1.29 is 4.79 Å². The minimum Gasteiger partial charge on any atom is -0.337 e. The molecule has 1 fully saturated rings. The lowest BCUT2D eigenvalue weighted by Crippen LogP contribution is -2.40. The van der Waals surface area contributed by atoms with Gasteiger partial charge in [-0.2, -0.15) is 0 Å². The number of H-pyrrole nitrogens is 1. The van der Waals surface area contributed by atoms with Gasteiger partial charge in [-0.15, -0.1) is 5.10 Å². The van der Waals surface area contributed by atoms with Gasteiger partial charge < -0.3 is 9.88 Å². The van der Waals surface area contributed by atoms with E-state index >= 15 is 0 Å². The van der Waals surface area contributed by atoms with Gasteiger partial charge >= 0.3 is 0 Å². The molecule has 2 aromatic heterocycles. The number of hydrogen-bond acceptors (Lipinski definition) is 5. The smallest absolute Gasteiger partial charge is 0.281 e. The van der Waals surface area contributed by atoms with Gasteiger partial charge in [0.15, 0.2) is 11.2 Å². The summed E-state index contributed by atoms with van der Waals surface area (Å²) in [6.07, 6.45) is 1.85. The van der Waals surface area contributed by atoms with Gasteiger partial charge in [0.1, 0.15) is 5.82 Å². The first-order chi connectivity index (χ1) is 13.4. The Morgan fingerprint density at radius 1 is 1.29 bits per heavy atom. The molecule has 0 unspecified atom stereocenters. The molecule has 146 valence electrons. The van der Waals surface area contributed by atoms with E-state index in [2.05, 4.69) is 20.3 Å². The predicted molar refractivity (Wildman–Crippen MR) is 105 cm³/mol. The van der Waals surface area contributed by atoms with Crippen LogP contribution >= 0.6 is 0 Å². The van der Waals surface area contributed by atoms with Gasteiger partial charge in [0.05, 0.1) is 18.5 Å². The lowest BCUT2D eigenvalue weighted by molar-refractivity contribution is -0.133. The first-order valence-corrected chi connectivity index (χ1v) is 9.61. The molecule has 0 bridgehead atoms. The van der Waals surface area contributed by atoms with Crippen LogP contribution in [0.2, 0.25) is 0 Å². The summed E-state index contributed by atoms with van der Waals surface area (Å²) in [5, 5.41) is 8.08. The van der Waals surface area contributed by atoms with Crippen molar-refractivity contribution >= 4 is 17.1 Å². The summed E-state index contributed by atoms with van der Waals surface area (Å²) in [7, 11) is 0. The Morgan fingerprint density at radius 3 is 2.79 bits per heavy atom. The van der Waals surface area contributed by atoms with Gasteiger partial charge in [0.25, 0.3) is 5.56 Å². The lowest BCUT2D eigenvalue weighted by Gasteiger charge is -2.27. The first kappa shape index (κ1) is 18.3. The van der Waals surface area contributed by atoms with Crippen LogP contribution in [0.3, 0.4) is 0 Å². The molecule has 0 radical (unpaired) electrons. The average Bonchev–Trinajstić information content (AvgIpc) is 3.29. The Kier molecular flexibility index (Phi) is 4.70. The fourth-order valence-electron chi connectivity index (χ4n) is 3.86. The van der Waals surface area contributed by atoms with Crippen molar-refractivity contribution in [2.45, 2.75) is 52.1 Å². The Hall–Kier alpha value is -3.03. The van der Waals surface area contributed by atoms with E-state index in [1.165, 1.54) is 5.56 Å². The standard InChI is InChI=1S/C20H24N6O2/c1-12-6-8-15(9-7-12)13(2)20(28)25-10-4-5-16(25)11-26-18-17(23-24-26)19(27)22-14(3)21-18/h6-9,13,16H,4-5,10-11H2,1-3H3,(H,21,22,27)/t13-,16-/m1/s1. The molecule has 4 rings (SSSR count). The van der Waals surface area contributed by atoms with Crippen LogP contribution in [-0.2, 0) is 11.3 Å². The molecule has 1 aliphatic rings. The number of nitrogens with zero attached hydrogens (tertiary/aromatic N) is 5. The molecule has 1 saturated heterocycles. The number of nitrogens with one attached hydrogen (secondary N) is 1. The van der Waals surface area contributed by atoms with Gasteiger partial charge in [-0.1, -0.05) is 35.0 Å². The molecule has 1 amide bonds. The minimum absolute atomic E-state index is 0.0201. The molecule has 0 saturated carbocycles. The second-order valence-electron chi connectivity index (χ2n) is 7.56. The van der Waals surface area contributed by atoms with Crippen LogP contribution in [-0.4, -0.2) is 48.4 Å². The normalized spacial score (nSPS) is 18.0. The highest BCUT2D eigenvalue weighted by atomic mass is 16.2. The van der Waals surface area contributed by atoms with Crippen molar-refractivity contribution in [1.82, 2.24) is 29.9 Å². The first-order valence-electron chi connectivity index (χ1n) is 9.61. The van der Waals surface area contributed by atoms with Crippen LogP contribution in [0.25, 0.3) is 11.2 Å². The van der Waals surface area contributed by atoms with Crippen molar-refractivity contribution in [2.75, 3.05) is 6.54 Å². The monoisotopic (exact) mass is 380 g/mol. The Labute approximate surface area is 162 Å². The summed E-state index contributed by atoms with van der Waals surface area (Å²) >= 11 is 0. The number of aromatic nitrogens is 5. The highest BCUT2D eigenvalue weighted by Gasteiger charge is 2.32. The molecular formula is C20H24N6O2. The van der Waals surface area contributed by atoms with Crippen molar-refractivity contribution in [3.63, 3.8) is 0 Å². The zero-order valence-electron chi connectivity index (χ0n) is 16.3. The van der Waals surface area contributed by atoms with E-state index in [1.807, 2.05) is 43.0 Å². The Morgan fingerprint density at radius 2 is 2.04 bits per heavy atom. The van der Waals surface area contributed by atoms with Crippen LogP contribution in [0.15, 0.2) is 29.1 Å². The number of carbonyl (C=O) groups is 1. The minimum atomic E-state index is -0.291. The van der Waals surface area contributed by atoms with E-state index in [9.17, 15) is 9.59 Å². The number of aromatic amines is 1. The number of fused-ring (bicyclic) bond motifs is 1. The molecule has 3 heterocycles. The maximum atomic E-state index is 13.2. The largest absolute Gasteiger partial charge is 0.337 e. The summed E-state index contributed by atoms with van der Waals surface area (Å²) in [6.45, 7) is 6.94. The molecule has 8 nitrogen and oxygen atoms in total. The summed E-state index contributed by atoms with van der Waals surface area (Å²) in [6, 6.07) is 8.13. The van der Waals surface area contributed by atoms with Crippen molar-refractivity contribution in [3.05, 3.63) is 51.6 Å². The maximum Gasteiger partial charge on any atom is 0.281 e. The van der Waals surface area contributed by atoms with Gasteiger partial charge in [0, 0.05) is 6.54 Å². The third-order valence-electron chi connectivity index (χ3n) is 5.48. The van der Waals surface area contributed by atoms with E-state index in [0.717, 1.165) is 24.9 Å². The molecule has 0 aliphatic carbocycles. The van der Waals surface area contributed by atoms with Crippen LogP contribution in [0, 0.1) is 13.8 Å². The quantitative estimate of drug-likeness (QED) is 0.746. The zero-order chi connectivity index (χ0) is 19.8. The van der Waals surface area contributed by atoms with E-state index in [4.69, 9.17) is 0 Å². The molecule has 0 spiro atoms. The van der Waals surface area contributed by atoms with E-state index < -0.39 is 0 Å². The number of rotatable bonds is 4. The van der Waals surface area contributed by atoms with Gasteiger partial charge in [-0.05, 0) is 39.2 Å². The number of carbonyl (C=O) groups excluding carboxylic acids is 1. The fourth-order valence-corrected chi connectivity index (χ4v) is 3.86. The van der Waals surface area contributed by atoms with Gasteiger partial charge in [-0.25, -0.2) is 9.67 Å². The molecular weight excluding hydrogens is 356 g/mol. The average molecular weight is 380 g/mol. The highest BCUT2D eigenvalue weighted by molar-refractivity contribution is 5.84. The van der Waals surface area contributed by atoms with E-state index in [1.54, 1.807) is 11.6 Å². The van der Waals surface area contributed by atoms with E-state index in [-0.39, 0.29) is 28.9 Å². The summed E-state index contributed by atoms with van der Waals surface area (Å²) in [4.78, 5) is 34.1. The maximum absolute atomic E-state index is 13.2. The topological polar surface area (TPSA) is 96.8 Å². The van der Waals surface area contributed by atoms with Crippen molar-refractivity contribution in [1.29, 1.82) is 0 Å². The summed E-state index contributed by atoms with van der Waals surface area (Å²) < 4.78 is 1.64. The number of aryl methyl sites for hydroxylation is 2. The number of amides is 1. The van der Waals surface area contributed by atoms with Gasteiger partial charge in [0.2, 0.25) is 5.91 Å². The predicted octanol–water partition coefficient (Wildman–Crippen LogP) is 1.93. The summed E-state index contributed by atoms with van der Waals surface area (Å²) in [5.41, 5.74) is 2.61. The highest BCUT2D eigenvalue weighted by Crippen LogP contribution is 2.26. The van der Waals surface area contributed by atoms with Crippen LogP contribution in [0.5, 0.6) is 0 Å². The number of likely N-dealkylation sites (tertiary alicyclic amines) is 1. The molecule has 8 heteroatoms. The molecule has 28 heavy (non-hydrogen) atoms. The molecule has 3 aromatic rings. The zero-order valence-corrected chi connectivity index (χ0v) is 16.3. The SMILES string of the molecule is Cc1ccc([C@@H](C)C(=O)N2CCC[C@@H]2Cn2nnc3c(=O)[nH]c(C)nc32)cc1. The van der Waals surface area contributed by atoms with Crippen LogP contribution in [0.1, 0.15) is 42.6 Å². The van der Waals surface area contributed by atoms with Crippen molar-refractivity contribution in [2.24, 2.45) is 0 Å².